The minimum Gasteiger partial charge on any atom is -0.464 e. The molecular weight excluding hydrogens is 182 g/mol. The van der Waals surface area contributed by atoms with Crippen molar-refractivity contribution in [2.75, 3.05) is 12.8 Å². The van der Waals surface area contributed by atoms with E-state index in [9.17, 15) is 4.79 Å². The first-order valence-corrected chi connectivity index (χ1v) is 4.27. The average Bonchev–Trinajstić information content (AvgIpc) is 2.15. The van der Waals surface area contributed by atoms with Crippen LogP contribution in [0, 0.1) is 0 Å². The van der Waals surface area contributed by atoms with Crippen molar-refractivity contribution < 1.29 is 9.53 Å². The number of aromatic nitrogens is 2. The molecule has 76 valence electrons. The fourth-order valence-electron chi connectivity index (χ4n) is 0.990. The van der Waals surface area contributed by atoms with E-state index in [0.29, 0.717) is 0 Å². The first-order valence-electron chi connectivity index (χ1n) is 4.27. The van der Waals surface area contributed by atoms with Crippen LogP contribution >= 0.6 is 0 Å². The van der Waals surface area contributed by atoms with Gasteiger partial charge < -0.3 is 10.5 Å². The molecule has 0 saturated heterocycles. The summed E-state index contributed by atoms with van der Waals surface area (Å²) in [5, 5.41) is 0. The fourth-order valence-corrected chi connectivity index (χ4v) is 0.990. The second-order valence-electron chi connectivity index (χ2n) is 3.18. The second-order valence-corrected chi connectivity index (χ2v) is 3.18. The number of carbonyl (C=O) groups is 1. The summed E-state index contributed by atoms with van der Waals surface area (Å²) >= 11 is 0. The molecule has 0 spiro atoms. The highest BCUT2D eigenvalue weighted by Gasteiger charge is 2.12. The van der Waals surface area contributed by atoms with Crippen LogP contribution in [-0.2, 0) is 4.74 Å². The highest BCUT2D eigenvalue weighted by molar-refractivity contribution is 5.87. The monoisotopic (exact) mass is 195 g/mol. The summed E-state index contributed by atoms with van der Waals surface area (Å²) < 4.78 is 4.54. The maximum atomic E-state index is 11.2. The SMILES string of the molecule is COC(=O)c1cc(C(C)C)nc(N)n1. The van der Waals surface area contributed by atoms with Crippen LogP contribution in [0.5, 0.6) is 0 Å². The van der Waals surface area contributed by atoms with Crippen molar-refractivity contribution in [3.8, 4) is 0 Å². The molecule has 0 unspecified atom stereocenters. The van der Waals surface area contributed by atoms with Gasteiger partial charge in [0.05, 0.1) is 7.11 Å². The van der Waals surface area contributed by atoms with Gasteiger partial charge in [-0.05, 0) is 12.0 Å². The minimum absolute atomic E-state index is 0.0941. The highest BCUT2D eigenvalue weighted by Crippen LogP contribution is 2.13. The van der Waals surface area contributed by atoms with E-state index in [0.717, 1.165) is 5.69 Å². The molecule has 0 fully saturated rings. The van der Waals surface area contributed by atoms with E-state index in [1.165, 1.54) is 7.11 Å². The topological polar surface area (TPSA) is 78.1 Å². The zero-order valence-electron chi connectivity index (χ0n) is 8.44. The number of nitrogens with zero attached hydrogens (tertiary/aromatic N) is 2. The van der Waals surface area contributed by atoms with Gasteiger partial charge in [-0.15, -0.1) is 0 Å². The number of anilines is 1. The molecule has 0 aliphatic rings. The molecule has 14 heavy (non-hydrogen) atoms. The summed E-state index contributed by atoms with van der Waals surface area (Å²) in [4.78, 5) is 19.0. The Morgan fingerprint density at radius 2 is 2.14 bits per heavy atom. The molecule has 1 aromatic heterocycles. The number of nitrogens with two attached hydrogens (primary N) is 1. The van der Waals surface area contributed by atoms with Crippen LogP contribution in [-0.4, -0.2) is 23.0 Å². The number of methoxy groups -OCH3 is 1. The molecular formula is C9H13N3O2. The molecule has 0 aliphatic heterocycles. The molecule has 0 amide bonds. The van der Waals surface area contributed by atoms with Crippen molar-refractivity contribution in [2.24, 2.45) is 0 Å². The Labute approximate surface area is 82.3 Å². The third-order valence-corrected chi connectivity index (χ3v) is 1.75. The lowest BCUT2D eigenvalue weighted by Gasteiger charge is -2.06. The first-order chi connectivity index (χ1) is 6.54. The van der Waals surface area contributed by atoms with Crippen LogP contribution in [0.4, 0.5) is 5.95 Å². The number of rotatable bonds is 2. The van der Waals surface area contributed by atoms with Crippen molar-refractivity contribution in [2.45, 2.75) is 19.8 Å². The van der Waals surface area contributed by atoms with E-state index in [2.05, 4.69) is 14.7 Å². The Balaban J connectivity index is 3.13. The lowest BCUT2D eigenvalue weighted by atomic mass is 10.1. The van der Waals surface area contributed by atoms with Crippen molar-refractivity contribution in [1.29, 1.82) is 0 Å². The molecule has 1 aromatic rings. The number of hydrogen-bond donors (Lipinski definition) is 1. The largest absolute Gasteiger partial charge is 0.464 e. The number of nitrogen functional groups attached to an aromatic ring is 1. The molecule has 0 bridgehead atoms. The third kappa shape index (κ3) is 2.18. The van der Waals surface area contributed by atoms with E-state index in [1.54, 1.807) is 6.07 Å². The molecule has 0 radical (unpaired) electrons. The Morgan fingerprint density at radius 3 is 2.64 bits per heavy atom. The van der Waals surface area contributed by atoms with Crippen LogP contribution in [0.2, 0.25) is 0 Å². The van der Waals surface area contributed by atoms with Gasteiger partial charge in [-0.2, -0.15) is 0 Å². The predicted molar refractivity (Wildman–Crippen MR) is 51.9 cm³/mol. The van der Waals surface area contributed by atoms with Crippen LogP contribution in [0.15, 0.2) is 6.07 Å². The summed E-state index contributed by atoms with van der Waals surface area (Å²) in [5.41, 5.74) is 6.39. The summed E-state index contributed by atoms with van der Waals surface area (Å²) in [6.07, 6.45) is 0. The molecule has 0 atom stereocenters. The van der Waals surface area contributed by atoms with Crippen LogP contribution < -0.4 is 5.73 Å². The van der Waals surface area contributed by atoms with E-state index in [4.69, 9.17) is 5.73 Å². The van der Waals surface area contributed by atoms with Gasteiger partial charge in [-0.25, -0.2) is 14.8 Å². The van der Waals surface area contributed by atoms with Gasteiger partial charge in [0.15, 0.2) is 5.69 Å². The zero-order chi connectivity index (χ0) is 10.7. The Kier molecular flexibility index (Phi) is 3.01. The van der Waals surface area contributed by atoms with Gasteiger partial charge >= 0.3 is 5.97 Å². The summed E-state index contributed by atoms with van der Waals surface area (Å²) in [7, 11) is 1.30. The lowest BCUT2D eigenvalue weighted by molar-refractivity contribution is 0.0594. The normalized spacial score (nSPS) is 10.3. The van der Waals surface area contributed by atoms with Crippen LogP contribution in [0.3, 0.4) is 0 Å². The third-order valence-electron chi connectivity index (χ3n) is 1.75. The second kappa shape index (κ2) is 4.04. The van der Waals surface area contributed by atoms with Gasteiger partial charge in [0.1, 0.15) is 0 Å². The molecule has 1 heterocycles. The van der Waals surface area contributed by atoms with E-state index < -0.39 is 5.97 Å². The summed E-state index contributed by atoms with van der Waals surface area (Å²) in [6, 6.07) is 1.59. The minimum atomic E-state index is -0.499. The summed E-state index contributed by atoms with van der Waals surface area (Å²) in [6.45, 7) is 3.92. The molecule has 0 aliphatic carbocycles. The molecule has 2 N–H and O–H groups in total. The van der Waals surface area contributed by atoms with E-state index >= 15 is 0 Å². The molecule has 5 nitrogen and oxygen atoms in total. The Hall–Kier alpha value is -1.65. The van der Waals surface area contributed by atoms with Crippen molar-refractivity contribution >= 4 is 11.9 Å². The molecule has 5 heteroatoms. The smallest absolute Gasteiger partial charge is 0.356 e. The van der Waals surface area contributed by atoms with Gasteiger partial charge in [0.25, 0.3) is 0 Å². The summed E-state index contributed by atoms with van der Waals surface area (Å²) in [5.74, 6) is -0.207. The van der Waals surface area contributed by atoms with E-state index in [-0.39, 0.29) is 17.6 Å². The fraction of sp³-hybridized carbons (Fsp3) is 0.444. The average molecular weight is 195 g/mol. The Morgan fingerprint density at radius 1 is 1.50 bits per heavy atom. The van der Waals surface area contributed by atoms with Crippen molar-refractivity contribution in [3.05, 3.63) is 17.5 Å². The maximum absolute atomic E-state index is 11.2. The Bertz CT molecular complexity index is 350. The molecule has 1 rings (SSSR count). The zero-order valence-corrected chi connectivity index (χ0v) is 8.44. The predicted octanol–water partition coefficient (Wildman–Crippen LogP) is 0.969. The lowest BCUT2D eigenvalue weighted by Crippen LogP contribution is -2.10. The highest BCUT2D eigenvalue weighted by atomic mass is 16.5. The number of carbonyl (C=O) groups excluding carboxylic acids is 1. The van der Waals surface area contributed by atoms with Gasteiger partial charge in [0.2, 0.25) is 5.95 Å². The number of ether oxygens (including phenoxy) is 1. The number of esters is 1. The van der Waals surface area contributed by atoms with Crippen molar-refractivity contribution in [1.82, 2.24) is 9.97 Å². The van der Waals surface area contributed by atoms with Gasteiger partial charge in [0, 0.05) is 5.69 Å². The molecule has 0 saturated carbocycles. The first kappa shape index (κ1) is 10.4. The quantitative estimate of drug-likeness (QED) is 0.711. The number of hydrogen-bond acceptors (Lipinski definition) is 5. The van der Waals surface area contributed by atoms with Gasteiger partial charge in [-0.3, -0.25) is 0 Å². The standard InChI is InChI=1S/C9H13N3O2/c1-5(2)6-4-7(8(13)14-3)12-9(10)11-6/h4-5H,1-3H3,(H2,10,11,12). The van der Waals surface area contributed by atoms with Crippen LogP contribution in [0.25, 0.3) is 0 Å². The van der Waals surface area contributed by atoms with E-state index in [1.807, 2.05) is 13.8 Å². The van der Waals surface area contributed by atoms with Crippen molar-refractivity contribution in [3.63, 3.8) is 0 Å². The molecule has 0 aromatic carbocycles. The van der Waals surface area contributed by atoms with Gasteiger partial charge in [-0.1, -0.05) is 13.8 Å². The van der Waals surface area contributed by atoms with Crippen LogP contribution in [0.1, 0.15) is 35.9 Å². The maximum Gasteiger partial charge on any atom is 0.356 e.